The third-order valence-corrected chi connectivity index (χ3v) is 8.99. The van der Waals surface area contributed by atoms with Crippen molar-refractivity contribution in [2.24, 2.45) is 0 Å². The van der Waals surface area contributed by atoms with E-state index in [1.807, 2.05) is 72.8 Å². The fourth-order valence-corrected chi connectivity index (χ4v) is 7.07. The standard InChI is InChI=1S/C33H28N4O3S2/c1-2-40-32(39)27-25-18-17-21-11-9-10-16-24(21)30(25)42-31(27)34-26(38)19-20-41-33-35-28(22-12-5-3-6-13-22)29(36-37-33)23-14-7-4-8-15-23/h3-16H,2,17-20H2,1H3,(H,34,38). The van der Waals surface area contributed by atoms with Gasteiger partial charge < -0.3 is 10.1 Å². The molecule has 0 spiro atoms. The maximum absolute atomic E-state index is 13.1. The SMILES string of the molecule is CCOC(=O)c1c(NC(=O)CCSc2nnc(-c3ccccc3)c(-c3ccccc3)n2)sc2c1CCc1ccccc1-2. The molecule has 9 heteroatoms. The monoisotopic (exact) mass is 592 g/mol. The van der Waals surface area contributed by atoms with E-state index in [0.717, 1.165) is 45.7 Å². The predicted octanol–water partition coefficient (Wildman–Crippen LogP) is 7.33. The summed E-state index contributed by atoms with van der Waals surface area (Å²) in [7, 11) is 0. The number of amides is 1. The molecule has 0 saturated heterocycles. The number of esters is 1. The number of thioether (sulfide) groups is 1. The minimum atomic E-state index is -0.398. The number of hydrogen-bond donors (Lipinski definition) is 1. The molecule has 0 unspecified atom stereocenters. The second kappa shape index (κ2) is 12.7. The quantitative estimate of drug-likeness (QED) is 0.141. The predicted molar refractivity (Wildman–Crippen MR) is 168 cm³/mol. The molecule has 0 atom stereocenters. The summed E-state index contributed by atoms with van der Waals surface area (Å²) >= 11 is 2.82. The summed E-state index contributed by atoms with van der Waals surface area (Å²) < 4.78 is 5.38. The fraction of sp³-hybridized carbons (Fsp3) is 0.182. The summed E-state index contributed by atoms with van der Waals surface area (Å²) in [6.45, 7) is 2.06. The van der Waals surface area contributed by atoms with Gasteiger partial charge in [-0.15, -0.1) is 21.5 Å². The third-order valence-electron chi connectivity index (χ3n) is 6.97. The first-order valence-corrected chi connectivity index (χ1v) is 15.6. The molecule has 1 aliphatic rings. The molecular formula is C33H28N4O3S2. The number of hydrogen-bond acceptors (Lipinski definition) is 8. The van der Waals surface area contributed by atoms with Crippen LogP contribution in [0.5, 0.6) is 0 Å². The summed E-state index contributed by atoms with van der Waals surface area (Å²) in [4.78, 5) is 31.9. The number of anilines is 1. The van der Waals surface area contributed by atoms with E-state index in [9.17, 15) is 9.59 Å². The lowest BCUT2D eigenvalue weighted by Crippen LogP contribution is -2.16. The number of nitrogens with one attached hydrogen (secondary N) is 1. The van der Waals surface area contributed by atoms with E-state index < -0.39 is 5.97 Å². The molecule has 6 rings (SSSR count). The third kappa shape index (κ3) is 5.84. The van der Waals surface area contributed by atoms with Gasteiger partial charge in [0.1, 0.15) is 16.4 Å². The molecular weight excluding hydrogens is 565 g/mol. The van der Waals surface area contributed by atoms with Gasteiger partial charge in [0.05, 0.1) is 12.2 Å². The van der Waals surface area contributed by atoms with Crippen LogP contribution in [0, 0.1) is 0 Å². The Kier molecular flexibility index (Phi) is 8.39. The van der Waals surface area contributed by atoms with Crippen LogP contribution in [0.1, 0.15) is 34.8 Å². The highest BCUT2D eigenvalue weighted by atomic mass is 32.2. The van der Waals surface area contributed by atoms with Gasteiger partial charge >= 0.3 is 5.97 Å². The Labute approximate surface area is 252 Å². The van der Waals surface area contributed by atoms with Gasteiger partial charge in [0.15, 0.2) is 0 Å². The van der Waals surface area contributed by atoms with Crippen LogP contribution >= 0.6 is 23.1 Å². The van der Waals surface area contributed by atoms with Crippen LogP contribution in [0.4, 0.5) is 5.00 Å². The smallest absolute Gasteiger partial charge is 0.341 e. The number of nitrogens with zero attached hydrogens (tertiary/aromatic N) is 3. The number of benzene rings is 3. The van der Waals surface area contributed by atoms with Crippen molar-refractivity contribution in [2.75, 3.05) is 17.7 Å². The molecule has 3 aromatic carbocycles. The largest absolute Gasteiger partial charge is 0.462 e. The van der Waals surface area contributed by atoms with E-state index in [1.165, 1.54) is 28.7 Å². The van der Waals surface area contributed by atoms with Crippen LogP contribution in [0.2, 0.25) is 0 Å². The lowest BCUT2D eigenvalue weighted by molar-refractivity contribution is -0.115. The van der Waals surface area contributed by atoms with E-state index in [0.29, 0.717) is 27.2 Å². The van der Waals surface area contributed by atoms with E-state index in [4.69, 9.17) is 9.72 Å². The van der Waals surface area contributed by atoms with Gasteiger partial charge in [0.25, 0.3) is 0 Å². The summed E-state index contributed by atoms with van der Waals surface area (Å²) in [5, 5.41) is 12.9. The number of thiophene rings is 1. The van der Waals surface area contributed by atoms with Crippen molar-refractivity contribution in [3.8, 4) is 33.0 Å². The van der Waals surface area contributed by atoms with Crippen LogP contribution in [-0.4, -0.2) is 39.4 Å². The molecule has 0 aliphatic heterocycles. The van der Waals surface area contributed by atoms with E-state index in [2.05, 4.69) is 27.6 Å². The van der Waals surface area contributed by atoms with Crippen LogP contribution < -0.4 is 5.32 Å². The summed E-state index contributed by atoms with van der Waals surface area (Å²) in [6, 6.07) is 28.0. The minimum absolute atomic E-state index is 0.183. The van der Waals surface area contributed by atoms with Crippen LogP contribution in [-0.2, 0) is 22.4 Å². The second-order valence-corrected chi connectivity index (χ2v) is 11.7. The van der Waals surface area contributed by atoms with E-state index in [-0.39, 0.29) is 18.9 Å². The number of carbonyl (C=O) groups is 2. The normalized spacial score (nSPS) is 11.8. The highest BCUT2D eigenvalue weighted by Crippen LogP contribution is 2.45. The lowest BCUT2D eigenvalue weighted by atomic mass is 9.89. The van der Waals surface area contributed by atoms with Crippen LogP contribution in [0.15, 0.2) is 90.1 Å². The van der Waals surface area contributed by atoms with Crippen molar-refractivity contribution in [1.82, 2.24) is 15.2 Å². The topological polar surface area (TPSA) is 94.1 Å². The van der Waals surface area contributed by atoms with E-state index >= 15 is 0 Å². The Bertz CT molecular complexity index is 1740. The second-order valence-electron chi connectivity index (χ2n) is 9.66. The number of carbonyl (C=O) groups excluding carboxylic acids is 2. The zero-order valence-electron chi connectivity index (χ0n) is 23.0. The van der Waals surface area contributed by atoms with Crippen molar-refractivity contribution in [3.05, 3.63) is 102 Å². The molecule has 2 heterocycles. The highest BCUT2D eigenvalue weighted by molar-refractivity contribution is 7.99. The van der Waals surface area contributed by atoms with Gasteiger partial charge in [0.2, 0.25) is 11.1 Å². The minimum Gasteiger partial charge on any atom is -0.462 e. The lowest BCUT2D eigenvalue weighted by Gasteiger charge is -2.16. The summed E-state index contributed by atoms with van der Waals surface area (Å²) in [6.07, 6.45) is 1.80. The Hall–Kier alpha value is -4.34. The molecule has 42 heavy (non-hydrogen) atoms. The number of rotatable bonds is 9. The Morgan fingerprint density at radius 1 is 0.881 bits per heavy atom. The van der Waals surface area contributed by atoms with Crippen molar-refractivity contribution in [1.29, 1.82) is 0 Å². The van der Waals surface area contributed by atoms with Crippen molar-refractivity contribution >= 4 is 40.0 Å². The molecule has 1 N–H and O–H groups in total. The average Bonchev–Trinajstić information content (AvgIpc) is 3.40. The highest BCUT2D eigenvalue weighted by Gasteiger charge is 2.29. The summed E-state index contributed by atoms with van der Waals surface area (Å²) in [5.74, 6) is -0.128. The van der Waals surface area contributed by atoms with Crippen LogP contribution in [0.3, 0.4) is 0 Å². The van der Waals surface area contributed by atoms with E-state index in [1.54, 1.807) is 6.92 Å². The van der Waals surface area contributed by atoms with Gasteiger partial charge in [-0.1, -0.05) is 96.7 Å². The molecule has 0 saturated carbocycles. The molecule has 0 radical (unpaired) electrons. The fourth-order valence-electron chi connectivity index (χ4n) is 5.03. The molecule has 0 fully saturated rings. The van der Waals surface area contributed by atoms with Crippen molar-refractivity contribution in [3.63, 3.8) is 0 Å². The van der Waals surface area contributed by atoms with Gasteiger partial charge in [-0.2, -0.15) is 0 Å². The van der Waals surface area contributed by atoms with Crippen LogP contribution in [0.25, 0.3) is 33.0 Å². The first kappa shape index (κ1) is 27.8. The molecule has 210 valence electrons. The van der Waals surface area contributed by atoms with Gasteiger partial charge in [-0.3, -0.25) is 4.79 Å². The Morgan fingerprint density at radius 2 is 1.57 bits per heavy atom. The first-order chi connectivity index (χ1) is 20.6. The van der Waals surface area contributed by atoms with Gasteiger partial charge in [-0.25, -0.2) is 9.78 Å². The molecule has 5 aromatic rings. The molecule has 1 aliphatic carbocycles. The summed E-state index contributed by atoms with van der Waals surface area (Å²) in [5.41, 5.74) is 7.12. The first-order valence-electron chi connectivity index (χ1n) is 13.8. The molecule has 7 nitrogen and oxygen atoms in total. The van der Waals surface area contributed by atoms with Crippen molar-refractivity contribution in [2.45, 2.75) is 31.3 Å². The number of aromatic nitrogens is 3. The Morgan fingerprint density at radius 3 is 2.31 bits per heavy atom. The molecule has 1 amide bonds. The number of ether oxygens (including phenoxy) is 1. The van der Waals surface area contributed by atoms with Gasteiger partial charge in [-0.05, 0) is 36.5 Å². The number of aryl methyl sites for hydroxylation is 1. The average molecular weight is 593 g/mol. The zero-order chi connectivity index (χ0) is 28.9. The molecule has 0 bridgehead atoms. The van der Waals surface area contributed by atoms with Gasteiger partial charge in [0, 0.05) is 28.2 Å². The Balaban J connectivity index is 1.19. The van der Waals surface area contributed by atoms with Crippen molar-refractivity contribution < 1.29 is 14.3 Å². The zero-order valence-corrected chi connectivity index (χ0v) is 24.6. The maximum Gasteiger partial charge on any atom is 0.341 e. The maximum atomic E-state index is 13.1. The molecule has 2 aromatic heterocycles. The number of fused-ring (bicyclic) bond motifs is 3.